The molecule has 5 rings (SSSR count). The lowest BCUT2D eigenvalue weighted by molar-refractivity contribution is -0.115. The van der Waals surface area contributed by atoms with Crippen LogP contribution >= 0.6 is 0 Å². The van der Waals surface area contributed by atoms with Crippen molar-refractivity contribution in [3.63, 3.8) is 0 Å². The maximum atomic E-state index is 11.6. The van der Waals surface area contributed by atoms with Gasteiger partial charge in [-0.3, -0.25) is 23.7 Å². The first-order valence-corrected chi connectivity index (χ1v) is 10.5. The van der Waals surface area contributed by atoms with Crippen LogP contribution in [0.4, 0.5) is 11.6 Å². The molecule has 3 heterocycles. The van der Waals surface area contributed by atoms with E-state index in [-0.39, 0.29) is 31.4 Å². The Balaban J connectivity index is 0.000000172. The van der Waals surface area contributed by atoms with Crippen LogP contribution in [0.5, 0.6) is 0 Å². The Hall–Kier alpha value is -3.17. The molecule has 0 aromatic carbocycles. The molecule has 2 fully saturated rings. The third-order valence-corrected chi connectivity index (χ3v) is 6.03. The van der Waals surface area contributed by atoms with Crippen LogP contribution in [-0.4, -0.2) is 37.2 Å². The molecule has 0 bridgehead atoms. The lowest BCUT2D eigenvalue weighted by atomic mass is 10.1. The number of nitrogen functional groups attached to an aromatic ring is 1. The maximum Gasteiger partial charge on any atom is 0.254 e. The minimum Gasteiger partial charge on any atom is -0.382 e. The Morgan fingerprint density at radius 3 is 2.03 bits per heavy atom. The van der Waals surface area contributed by atoms with Crippen molar-refractivity contribution in [2.24, 2.45) is 5.73 Å². The summed E-state index contributed by atoms with van der Waals surface area (Å²) in [6.45, 7) is 0. The van der Waals surface area contributed by atoms with Crippen molar-refractivity contribution in [3.05, 3.63) is 23.5 Å². The summed E-state index contributed by atoms with van der Waals surface area (Å²) >= 11 is 0. The van der Waals surface area contributed by atoms with E-state index in [1.165, 1.54) is 25.7 Å². The standard InChI is InChI=1S/C11H13N3O2.C9H14N4O.CH4/c15-9-5-10(16)12-11-8(9)6-14(13-11)7-3-1-2-4-7;10-8-7(9(11)14)5-13(12-8)6-3-1-2-4-6;/h6-7H,1-5H2,(H,12,13,16);5-6H,1-4H2,(H2,10,12)(H2,11,14);1H4. The number of anilines is 2. The van der Waals surface area contributed by atoms with Crippen LogP contribution in [-0.2, 0) is 4.79 Å². The number of primary amides is 1. The summed E-state index contributed by atoms with van der Waals surface area (Å²) in [6, 6.07) is 0.792. The van der Waals surface area contributed by atoms with Crippen molar-refractivity contribution in [3.8, 4) is 0 Å². The number of nitrogens with one attached hydrogen (secondary N) is 1. The Morgan fingerprint density at radius 2 is 1.52 bits per heavy atom. The number of fused-ring (bicyclic) bond motifs is 1. The van der Waals surface area contributed by atoms with Crippen molar-refractivity contribution in [2.45, 2.75) is 77.3 Å². The van der Waals surface area contributed by atoms with Gasteiger partial charge in [-0.15, -0.1) is 0 Å². The number of carbonyl (C=O) groups excluding carboxylic acids is 3. The number of hydrogen-bond donors (Lipinski definition) is 3. The van der Waals surface area contributed by atoms with E-state index in [2.05, 4.69) is 15.5 Å². The molecule has 0 spiro atoms. The molecule has 0 radical (unpaired) electrons. The van der Waals surface area contributed by atoms with E-state index in [9.17, 15) is 14.4 Å². The number of hydrogen-bond acceptors (Lipinski definition) is 6. The molecule has 31 heavy (non-hydrogen) atoms. The number of carbonyl (C=O) groups is 3. The highest BCUT2D eigenvalue weighted by Crippen LogP contribution is 2.32. The van der Waals surface area contributed by atoms with E-state index in [4.69, 9.17) is 11.5 Å². The number of aromatic nitrogens is 4. The van der Waals surface area contributed by atoms with Gasteiger partial charge in [-0.2, -0.15) is 10.2 Å². The van der Waals surface area contributed by atoms with Gasteiger partial charge in [-0.05, 0) is 25.7 Å². The fourth-order valence-corrected chi connectivity index (χ4v) is 4.41. The third-order valence-electron chi connectivity index (χ3n) is 6.03. The van der Waals surface area contributed by atoms with Gasteiger partial charge in [0.05, 0.1) is 24.1 Å². The van der Waals surface area contributed by atoms with Gasteiger partial charge in [0, 0.05) is 12.4 Å². The second-order valence-corrected chi connectivity index (χ2v) is 8.17. The SMILES string of the molecule is C.NC(=O)c1cn(C2CCCC2)nc1N.O=C1CC(=O)c2cn(C3CCCC3)nc2N1. The number of ketones is 1. The van der Waals surface area contributed by atoms with Crippen LogP contribution in [0.1, 0.15) is 98.0 Å². The number of amides is 2. The summed E-state index contributed by atoms with van der Waals surface area (Å²) in [5.41, 5.74) is 11.6. The molecule has 10 heteroatoms. The van der Waals surface area contributed by atoms with Crippen molar-refractivity contribution in [1.29, 1.82) is 0 Å². The van der Waals surface area contributed by atoms with Crippen LogP contribution in [0.3, 0.4) is 0 Å². The molecule has 10 nitrogen and oxygen atoms in total. The minimum absolute atomic E-state index is 0. The van der Waals surface area contributed by atoms with E-state index in [1.807, 2.05) is 4.68 Å². The van der Waals surface area contributed by atoms with Gasteiger partial charge in [0.2, 0.25) is 5.91 Å². The summed E-state index contributed by atoms with van der Waals surface area (Å²) in [7, 11) is 0. The Labute approximate surface area is 181 Å². The smallest absolute Gasteiger partial charge is 0.254 e. The fourth-order valence-electron chi connectivity index (χ4n) is 4.41. The minimum atomic E-state index is -0.508. The van der Waals surface area contributed by atoms with Crippen molar-refractivity contribution in [1.82, 2.24) is 19.6 Å². The molecule has 0 saturated heterocycles. The summed E-state index contributed by atoms with van der Waals surface area (Å²) in [6.07, 6.45) is 12.7. The van der Waals surface area contributed by atoms with Crippen LogP contribution < -0.4 is 16.8 Å². The van der Waals surface area contributed by atoms with Crippen LogP contribution in [0.15, 0.2) is 12.4 Å². The van der Waals surface area contributed by atoms with E-state index in [0.717, 1.165) is 25.7 Å². The number of rotatable bonds is 3. The quantitative estimate of drug-likeness (QED) is 0.638. The monoisotopic (exact) mass is 429 g/mol. The zero-order valence-electron chi connectivity index (χ0n) is 16.8. The molecule has 2 aromatic heterocycles. The topological polar surface area (TPSA) is 151 Å². The van der Waals surface area contributed by atoms with Gasteiger partial charge in [-0.1, -0.05) is 33.1 Å². The lowest BCUT2D eigenvalue weighted by Gasteiger charge is -2.09. The summed E-state index contributed by atoms with van der Waals surface area (Å²) in [5, 5.41) is 11.0. The molecule has 2 aromatic rings. The number of Topliss-reactive ketones (excluding diaryl/α,β-unsaturated/α-hetero) is 1. The Bertz CT molecular complexity index is 966. The highest BCUT2D eigenvalue weighted by Gasteiger charge is 2.28. The van der Waals surface area contributed by atoms with Gasteiger partial charge in [0.25, 0.3) is 5.91 Å². The van der Waals surface area contributed by atoms with Crippen LogP contribution in [0.2, 0.25) is 0 Å². The fraction of sp³-hybridized carbons (Fsp3) is 0.571. The van der Waals surface area contributed by atoms with Gasteiger partial charge in [0.15, 0.2) is 17.4 Å². The molecular formula is C21H31N7O3. The average molecular weight is 430 g/mol. The zero-order chi connectivity index (χ0) is 21.3. The molecular weight excluding hydrogens is 398 g/mol. The first kappa shape index (κ1) is 22.5. The molecule has 0 atom stereocenters. The molecule has 2 amide bonds. The van der Waals surface area contributed by atoms with Gasteiger partial charge >= 0.3 is 0 Å². The van der Waals surface area contributed by atoms with Crippen LogP contribution in [0, 0.1) is 0 Å². The summed E-state index contributed by atoms with van der Waals surface area (Å²) < 4.78 is 3.63. The van der Waals surface area contributed by atoms with Gasteiger partial charge in [0.1, 0.15) is 5.56 Å². The van der Waals surface area contributed by atoms with Crippen LogP contribution in [0.25, 0.3) is 0 Å². The first-order valence-electron chi connectivity index (χ1n) is 10.5. The predicted octanol–water partition coefficient (Wildman–Crippen LogP) is 2.84. The summed E-state index contributed by atoms with van der Waals surface area (Å²) in [4.78, 5) is 33.7. The van der Waals surface area contributed by atoms with Crippen molar-refractivity contribution < 1.29 is 14.4 Å². The van der Waals surface area contributed by atoms with Gasteiger partial charge in [-0.25, -0.2) is 0 Å². The number of nitrogens with two attached hydrogens (primary N) is 2. The first-order chi connectivity index (χ1) is 14.4. The molecule has 3 aliphatic rings. The molecule has 0 unspecified atom stereocenters. The maximum absolute atomic E-state index is 11.6. The van der Waals surface area contributed by atoms with E-state index in [0.29, 0.717) is 29.0 Å². The van der Waals surface area contributed by atoms with Crippen molar-refractivity contribution >= 4 is 29.2 Å². The molecule has 2 aliphatic carbocycles. The highest BCUT2D eigenvalue weighted by atomic mass is 16.2. The van der Waals surface area contributed by atoms with Crippen molar-refractivity contribution in [2.75, 3.05) is 11.1 Å². The van der Waals surface area contributed by atoms with E-state index >= 15 is 0 Å². The highest BCUT2D eigenvalue weighted by molar-refractivity contribution is 6.17. The summed E-state index contributed by atoms with van der Waals surface area (Å²) in [5.74, 6) is -0.207. The second kappa shape index (κ2) is 9.32. The third kappa shape index (κ3) is 4.78. The number of nitrogens with zero attached hydrogens (tertiary/aromatic N) is 4. The molecule has 2 saturated carbocycles. The molecule has 1 aliphatic heterocycles. The second-order valence-electron chi connectivity index (χ2n) is 8.17. The van der Waals surface area contributed by atoms with Gasteiger partial charge < -0.3 is 16.8 Å². The normalized spacial score (nSPS) is 18.7. The molecule has 5 N–H and O–H groups in total. The Kier molecular flexibility index (Phi) is 6.77. The lowest BCUT2D eigenvalue weighted by Crippen LogP contribution is -2.23. The average Bonchev–Trinajstić information content (AvgIpc) is 3.47. The van der Waals surface area contributed by atoms with E-state index < -0.39 is 5.91 Å². The largest absolute Gasteiger partial charge is 0.382 e. The predicted molar refractivity (Wildman–Crippen MR) is 117 cm³/mol. The Morgan fingerprint density at radius 1 is 0.968 bits per heavy atom. The van der Waals surface area contributed by atoms with E-state index in [1.54, 1.807) is 17.1 Å². The zero-order valence-corrected chi connectivity index (χ0v) is 16.8. The molecule has 168 valence electrons.